The van der Waals surface area contributed by atoms with Crippen LogP contribution in [0.2, 0.25) is 5.02 Å². The van der Waals surface area contributed by atoms with Crippen molar-refractivity contribution in [2.75, 3.05) is 6.54 Å². The van der Waals surface area contributed by atoms with Crippen LogP contribution >= 0.6 is 11.6 Å². The molecule has 0 aliphatic rings. The number of imidazole rings is 1. The Morgan fingerprint density at radius 1 is 1.04 bits per heavy atom. The molecule has 0 saturated carbocycles. The van der Waals surface area contributed by atoms with Gasteiger partial charge in [0, 0.05) is 23.6 Å². The number of benzene rings is 2. The van der Waals surface area contributed by atoms with E-state index in [4.69, 9.17) is 11.6 Å². The lowest BCUT2D eigenvalue weighted by atomic mass is 10.2. The molecule has 3 aromatic rings. The maximum atomic E-state index is 11.9. The highest BCUT2D eigenvalue weighted by molar-refractivity contribution is 6.30. The predicted octanol–water partition coefficient (Wildman–Crippen LogP) is 3.04. The minimum absolute atomic E-state index is 0.0776. The van der Waals surface area contributed by atoms with Crippen molar-refractivity contribution in [2.45, 2.75) is 19.4 Å². The largest absolute Gasteiger partial charge is 0.352 e. The Hall–Kier alpha value is -2.86. The molecule has 2 amide bonds. The summed E-state index contributed by atoms with van der Waals surface area (Å²) >= 11 is 5.79. The van der Waals surface area contributed by atoms with Crippen LogP contribution in [0.15, 0.2) is 48.5 Å². The van der Waals surface area contributed by atoms with Gasteiger partial charge in [0.05, 0.1) is 17.6 Å². The lowest BCUT2D eigenvalue weighted by Gasteiger charge is -2.06. The number of fused-ring (bicyclic) bond motifs is 1. The van der Waals surface area contributed by atoms with Crippen molar-refractivity contribution in [2.24, 2.45) is 0 Å². The highest BCUT2D eigenvalue weighted by Crippen LogP contribution is 2.10. The third-order valence-corrected chi connectivity index (χ3v) is 4.12. The van der Waals surface area contributed by atoms with E-state index in [0.29, 0.717) is 36.5 Å². The molecule has 0 radical (unpaired) electrons. The second kappa shape index (κ2) is 8.49. The van der Waals surface area contributed by atoms with Crippen LogP contribution in [-0.4, -0.2) is 28.3 Å². The van der Waals surface area contributed by atoms with Gasteiger partial charge in [0.25, 0.3) is 5.91 Å². The average molecular weight is 371 g/mol. The molecule has 0 aliphatic heterocycles. The zero-order valence-electron chi connectivity index (χ0n) is 14.1. The number of rotatable bonds is 7. The number of hydrogen-bond donors (Lipinski definition) is 3. The summed E-state index contributed by atoms with van der Waals surface area (Å²) in [7, 11) is 0. The molecule has 3 N–H and O–H groups in total. The van der Waals surface area contributed by atoms with Crippen molar-refractivity contribution < 1.29 is 9.59 Å². The smallest absolute Gasteiger partial charge is 0.251 e. The van der Waals surface area contributed by atoms with E-state index < -0.39 is 0 Å². The van der Waals surface area contributed by atoms with E-state index in [2.05, 4.69) is 20.6 Å². The summed E-state index contributed by atoms with van der Waals surface area (Å²) in [5.74, 6) is 0.464. The van der Waals surface area contributed by atoms with Gasteiger partial charge < -0.3 is 15.6 Å². The van der Waals surface area contributed by atoms with Gasteiger partial charge in [-0.3, -0.25) is 9.59 Å². The van der Waals surface area contributed by atoms with Gasteiger partial charge in [0.1, 0.15) is 5.82 Å². The number of H-pyrrole nitrogens is 1. The predicted molar refractivity (Wildman–Crippen MR) is 101 cm³/mol. The number of para-hydroxylation sites is 2. The van der Waals surface area contributed by atoms with E-state index in [1.165, 1.54) is 0 Å². The molecule has 6 nitrogen and oxygen atoms in total. The van der Waals surface area contributed by atoms with Gasteiger partial charge in [0.15, 0.2) is 0 Å². The van der Waals surface area contributed by atoms with Gasteiger partial charge in [0.2, 0.25) is 5.91 Å². The molecule has 26 heavy (non-hydrogen) atoms. The first-order valence-electron chi connectivity index (χ1n) is 8.36. The fraction of sp³-hybridized carbons (Fsp3) is 0.211. The summed E-state index contributed by atoms with van der Waals surface area (Å²) < 4.78 is 0. The van der Waals surface area contributed by atoms with Crippen molar-refractivity contribution in [3.05, 3.63) is 64.9 Å². The molecule has 0 bridgehead atoms. The molecular formula is C19H19ClN4O2. The summed E-state index contributed by atoms with van der Waals surface area (Å²) in [4.78, 5) is 31.4. The molecule has 134 valence electrons. The van der Waals surface area contributed by atoms with E-state index in [9.17, 15) is 9.59 Å². The monoisotopic (exact) mass is 370 g/mol. The Bertz CT molecular complexity index is 872. The highest BCUT2D eigenvalue weighted by atomic mass is 35.5. The van der Waals surface area contributed by atoms with Crippen LogP contribution in [0.4, 0.5) is 0 Å². The molecule has 0 fully saturated rings. The fourth-order valence-corrected chi connectivity index (χ4v) is 2.64. The molecule has 0 atom stereocenters. The quantitative estimate of drug-likeness (QED) is 0.558. The summed E-state index contributed by atoms with van der Waals surface area (Å²) in [6.07, 6.45) is 0.895. The minimum atomic E-state index is -0.177. The molecule has 0 unspecified atom stereocenters. The van der Waals surface area contributed by atoms with Gasteiger partial charge in [-0.05, 0) is 42.8 Å². The van der Waals surface area contributed by atoms with Gasteiger partial charge in [-0.15, -0.1) is 0 Å². The third kappa shape index (κ3) is 4.83. The van der Waals surface area contributed by atoms with Crippen molar-refractivity contribution >= 4 is 34.4 Å². The number of carbonyl (C=O) groups excluding carboxylic acids is 2. The second-order valence-electron chi connectivity index (χ2n) is 5.84. The molecular weight excluding hydrogens is 352 g/mol. The Morgan fingerprint density at radius 3 is 2.58 bits per heavy atom. The van der Waals surface area contributed by atoms with Gasteiger partial charge in [-0.1, -0.05) is 23.7 Å². The number of halogens is 1. The van der Waals surface area contributed by atoms with Crippen molar-refractivity contribution in [1.82, 2.24) is 20.6 Å². The first kappa shape index (κ1) is 17.9. The summed E-state index contributed by atoms with van der Waals surface area (Å²) in [5.41, 5.74) is 2.37. The van der Waals surface area contributed by atoms with Crippen LogP contribution in [0.3, 0.4) is 0 Å². The molecule has 0 aliphatic carbocycles. The lowest BCUT2D eigenvalue weighted by molar-refractivity contribution is -0.121. The number of aromatic amines is 1. The van der Waals surface area contributed by atoms with Crippen molar-refractivity contribution in [3.8, 4) is 0 Å². The second-order valence-corrected chi connectivity index (χ2v) is 6.28. The van der Waals surface area contributed by atoms with Crippen LogP contribution in [0.25, 0.3) is 11.0 Å². The summed E-state index contributed by atoms with van der Waals surface area (Å²) in [5, 5.41) is 6.20. The Morgan fingerprint density at radius 2 is 1.81 bits per heavy atom. The molecule has 0 saturated heterocycles. The van der Waals surface area contributed by atoms with Crippen LogP contribution < -0.4 is 10.6 Å². The van der Waals surface area contributed by atoms with Crippen LogP contribution in [0, 0.1) is 0 Å². The van der Waals surface area contributed by atoms with E-state index in [-0.39, 0.29) is 11.8 Å². The van der Waals surface area contributed by atoms with Crippen LogP contribution in [0.1, 0.15) is 29.0 Å². The van der Waals surface area contributed by atoms with E-state index >= 15 is 0 Å². The zero-order valence-corrected chi connectivity index (χ0v) is 14.8. The number of hydrogen-bond acceptors (Lipinski definition) is 3. The maximum Gasteiger partial charge on any atom is 0.251 e. The van der Waals surface area contributed by atoms with E-state index in [1.54, 1.807) is 24.3 Å². The maximum absolute atomic E-state index is 11.9. The molecule has 2 aromatic carbocycles. The molecule has 1 heterocycles. The first-order chi connectivity index (χ1) is 12.6. The highest BCUT2D eigenvalue weighted by Gasteiger charge is 2.07. The van der Waals surface area contributed by atoms with Gasteiger partial charge in [-0.2, -0.15) is 0 Å². The normalized spacial score (nSPS) is 10.7. The Labute approximate surface area is 156 Å². The summed E-state index contributed by atoms with van der Waals surface area (Å²) in [6, 6.07) is 14.4. The number of aromatic nitrogens is 2. The number of nitrogens with zero attached hydrogens (tertiary/aromatic N) is 1. The topological polar surface area (TPSA) is 86.9 Å². The van der Waals surface area contributed by atoms with Crippen LogP contribution in [0.5, 0.6) is 0 Å². The molecule has 3 rings (SSSR count). The van der Waals surface area contributed by atoms with Crippen molar-refractivity contribution in [1.29, 1.82) is 0 Å². The minimum Gasteiger partial charge on any atom is -0.352 e. The first-order valence-corrected chi connectivity index (χ1v) is 8.74. The zero-order chi connectivity index (χ0) is 18.4. The Balaban J connectivity index is 1.36. The van der Waals surface area contributed by atoms with Crippen LogP contribution in [-0.2, 0) is 11.3 Å². The fourth-order valence-electron chi connectivity index (χ4n) is 2.51. The third-order valence-electron chi connectivity index (χ3n) is 3.86. The standard InChI is InChI=1S/C19H19ClN4O2/c20-14-9-7-13(8-10-14)19(26)21-11-3-6-18(25)22-12-17-23-15-4-1-2-5-16(15)24-17/h1-2,4-5,7-10H,3,6,11-12H2,(H,21,26)(H,22,25)(H,23,24). The van der Waals surface area contributed by atoms with Gasteiger partial charge in [-0.25, -0.2) is 4.98 Å². The number of amides is 2. The van der Waals surface area contributed by atoms with Gasteiger partial charge >= 0.3 is 0 Å². The Kier molecular flexibility index (Phi) is 5.86. The molecule has 7 heteroatoms. The SMILES string of the molecule is O=C(CCCNC(=O)c1ccc(Cl)cc1)NCc1nc2ccccc2[nH]1. The number of nitrogens with one attached hydrogen (secondary N) is 3. The molecule has 1 aromatic heterocycles. The molecule has 0 spiro atoms. The lowest BCUT2D eigenvalue weighted by Crippen LogP contribution is -2.27. The average Bonchev–Trinajstić information content (AvgIpc) is 3.07. The van der Waals surface area contributed by atoms with E-state index in [1.807, 2.05) is 24.3 Å². The van der Waals surface area contributed by atoms with Crippen molar-refractivity contribution in [3.63, 3.8) is 0 Å². The number of carbonyl (C=O) groups is 2. The van der Waals surface area contributed by atoms with E-state index in [0.717, 1.165) is 16.9 Å². The summed E-state index contributed by atoms with van der Waals surface area (Å²) in [6.45, 7) is 0.782.